The molecule has 0 unspecified atom stereocenters. The summed E-state index contributed by atoms with van der Waals surface area (Å²) in [4.78, 5) is 48.2. The smallest absolute Gasteiger partial charge is 0.337 e. The van der Waals surface area contributed by atoms with E-state index in [9.17, 15) is 14.4 Å². The molecule has 0 radical (unpaired) electrons. The number of carbonyl (C=O) groups is 1. The highest BCUT2D eigenvalue weighted by atomic mass is 16.5. The van der Waals surface area contributed by atoms with E-state index in [1.54, 1.807) is 28.8 Å². The highest BCUT2D eigenvalue weighted by Gasteiger charge is 2.20. The van der Waals surface area contributed by atoms with Crippen LogP contribution in [0, 0.1) is 11.8 Å². The number of carboxylic acids is 1. The lowest BCUT2D eigenvalue weighted by atomic mass is 9.83. The summed E-state index contributed by atoms with van der Waals surface area (Å²) in [6.45, 7) is 5.05. The lowest BCUT2D eigenvalue weighted by molar-refractivity contribution is 0.0696. The molecule has 0 bridgehead atoms. The third-order valence-electron chi connectivity index (χ3n) is 6.48. The number of nitrogens with zero attached hydrogens (tertiary/aromatic N) is 4. The zero-order valence-electron chi connectivity index (χ0n) is 20.5. The second-order valence-corrected chi connectivity index (χ2v) is 9.32. The quantitative estimate of drug-likeness (QED) is 0.492. The number of rotatable bonds is 8. The second-order valence-electron chi connectivity index (χ2n) is 9.32. The van der Waals surface area contributed by atoms with Gasteiger partial charge in [0.1, 0.15) is 5.75 Å². The normalized spacial score (nSPS) is 18.2. The molecule has 10 heteroatoms. The number of aromatic amines is 1. The lowest BCUT2D eigenvalue weighted by Gasteiger charge is -2.26. The van der Waals surface area contributed by atoms with E-state index < -0.39 is 11.7 Å². The van der Waals surface area contributed by atoms with E-state index in [1.807, 2.05) is 6.92 Å². The Hall–Kier alpha value is -3.95. The predicted octanol–water partition coefficient (Wildman–Crippen LogP) is 3.69. The number of carboxylic acid groups (broad SMARTS) is 1. The number of hydrogen-bond donors (Lipinski definition) is 2. The third kappa shape index (κ3) is 5.99. The number of nitrogens with one attached hydrogen (secondary N) is 1. The van der Waals surface area contributed by atoms with Crippen molar-refractivity contribution in [2.24, 2.45) is 16.8 Å². The first-order valence-electron chi connectivity index (χ1n) is 12.3. The Morgan fingerprint density at radius 1 is 1.11 bits per heavy atom. The van der Waals surface area contributed by atoms with E-state index in [-0.39, 0.29) is 22.8 Å². The average molecular weight is 494 g/mol. The van der Waals surface area contributed by atoms with Gasteiger partial charge in [0.2, 0.25) is 11.5 Å². The Bertz CT molecular complexity index is 1380. The molecule has 1 saturated carbocycles. The first-order valence-corrected chi connectivity index (χ1v) is 12.3. The number of benzene rings is 1. The molecule has 0 aliphatic heterocycles. The van der Waals surface area contributed by atoms with Crippen molar-refractivity contribution in [1.82, 2.24) is 19.1 Å². The molecule has 10 nitrogen and oxygen atoms in total. The number of aromatic carboxylic acids is 1. The molecule has 2 heterocycles. The SMILES string of the molecule is CCCn1c(=O)[nH]/c(=N\c2ccc(Oc3ccc(C(=O)O)cn3)cc2)n(C[C@H]2CC[C@H](C)CC2)c1=O. The largest absolute Gasteiger partial charge is 0.478 e. The van der Waals surface area contributed by atoms with Crippen molar-refractivity contribution >= 4 is 11.7 Å². The summed E-state index contributed by atoms with van der Waals surface area (Å²) in [7, 11) is 0. The van der Waals surface area contributed by atoms with Crippen molar-refractivity contribution < 1.29 is 14.6 Å². The molecule has 0 atom stereocenters. The minimum Gasteiger partial charge on any atom is -0.478 e. The summed E-state index contributed by atoms with van der Waals surface area (Å²) < 4.78 is 8.50. The van der Waals surface area contributed by atoms with Gasteiger partial charge in [-0.2, -0.15) is 0 Å². The van der Waals surface area contributed by atoms with Gasteiger partial charge in [0.15, 0.2) is 0 Å². The minimum absolute atomic E-state index is 0.0717. The van der Waals surface area contributed by atoms with Crippen LogP contribution in [0.1, 0.15) is 56.3 Å². The Morgan fingerprint density at radius 3 is 2.44 bits per heavy atom. The highest BCUT2D eigenvalue weighted by Crippen LogP contribution is 2.29. The van der Waals surface area contributed by atoms with Crippen molar-refractivity contribution in [1.29, 1.82) is 0 Å². The fraction of sp³-hybridized carbons (Fsp3) is 0.423. The Morgan fingerprint density at radius 2 is 1.83 bits per heavy atom. The van der Waals surface area contributed by atoms with Crippen LogP contribution in [0.2, 0.25) is 0 Å². The van der Waals surface area contributed by atoms with Gasteiger partial charge < -0.3 is 9.84 Å². The molecule has 0 saturated heterocycles. The molecule has 3 aromatic rings. The summed E-state index contributed by atoms with van der Waals surface area (Å²) in [5, 5.41) is 8.98. The van der Waals surface area contributed by atoms with Crippen LogP contribution in [0.15, 0.2) is 57.2 Å². The van der Waals surface area contributed by atoms with Crippen LogP contribution in [-0.2, 0) is 13.1 Å². The highest BCUT2D eigenvalue weighted by molar-refractivity contribution is 5.87. The predicted molar refractivity (Wildman–Crippen MR) is 134 cm³/mol. The standard InChI is InChI=1S/C26H31N5O5/c1-3-14-30-25(34)29-24(31(26(30)35)16-18-6-4-17(2)5-7-18)28-20-9-11-21(12-10-20)36-22-13-8-19(15-27-22)23(32)33/h8-13,15,17-18H,3-7,14,16H2,1-2H3,(H,32,33)(H,28,29,34)/t17-,18-. The molecular formula is C26H31N5O5. The van der Waals surface area contributed by atoms with Crippen LogP contribution in [0.5, 0.6) is 11.6 Å². The van der Waals surface area contributed by atoms with Gasteiger partial charge in [-0.25, -0.2) is 28.9 Å². The van der Waals surface area contributed by atoms with Crippen LogP contribution >= 0.6 is 0 Å². The van der Waals surface area contributed by atoms with Crippen molar-refractivity contribution in [2.75, 3.05) is 0 Å². The van der Waals surface area contributed by atoms with Crippen molar-refractivity contribution in [3.63, 3.8) is 0 Å². The van der Waals surface area contributed by atoms with E-state index in [0.29, 0.717) is 42.8 Å². The topological polar surface area (TPSA) is 132 Å². The van der Waals surface area contributed by atoms with Crippen molar-refractivity contribution in [2.45, 2.75) is 59.0 Å². The van der Waals surface area contributed by atoms with Crippen molar-refractivity contribution in [3.8, 4) is 11.6 Å². The fourth-order valence-electron chi connectivity index (χ4n) is 4.40. The number of hydrogen-bond acceptors (Lipinski definition) is 6. The molecule has 1 aliphatic rings. The molecule has 1 fully saturated rings. The zero-order chi connectivity index (χ0) is 25.7. The summed E-state index contributed by atoms with van der Waals surface area (Å²) >= 11 is 0. The molecule has 1 aliphatic carbocycles. The van der Waals surface area contributed by atoms with Crippen LogP contribution in [0.25, 0.3) is 0 Å². The molecule has 4 rings (SSSR count). The van der Waals surface area contributed by atoms with Gasteiger partial charge in [0.05, 0.1) is 11.3 Å². The molecular weight excluding hydrogens is 462 g/mol. The maximum absolute atomic E-state index is 13.2. The number of aromatic nitrogens is 4. The number of H-pyrrole nitrogens is 1. The van der Waals surface area contributed by atoms with E-state index >= 15 is 0 Å². The van der Waals surface area contributed by atoms with Gasteiger partial charge in [0, 0.05) is 25.4 Å². The van der Waals surface area contributed by atoms with Crippen LogP contribution in [-0.4, -0.2) is 30.2 Å². The van der Waals surface area contributed by atoms with Crippen LogP contribution < -0.4 is 21.7 Å². The lowest BCUT2D eigenvalue weighted by Crippen LogP contribution is -2.50. The maximum Gasteiger partial charge on any atom is 0.337 e. The maximum atomic E-state index is 13.2. The van der Waals surface area contributed by atoms with Gasteiger partial charge in [-0.3, -0.25) is 9.55 Å². The number of ether oxygens (including phenoxy) is 1. The molecule has 2 N–H and O–H groups in total. The summed E-state index contributed by atoms with van der Waals surface area (Å²) in [5.41, 5.74) is 0.0440. The van der Waals surface area contributed by atoms with Gasteiger partial charge in [-0.05, 0) is 61.4 Å². The van der Waals surface area contributed by atoms with E-state index in [2.05, 4.69) is 21.9 Å². The molecule has 1 aromatic carbocycles. The third-order valence-corrected chi connectivity index (χ3v) is 6.48. The minimum atomic E-state index is -1.06. The summed E-state index contributed by atoms with van der Waals surface area (Å²) in [6.07, 6.45) is 6.28. The Labute approximate surface area is 208 Å². The average Bonchev–Trinajstić information content (AvgIpc) is 2.87. The van der Waals surface area contributed by atoms with Crippen molar-refractivity contribution in [3.05, 3.63) is 74.7 Å². The first kappa shape index (κ1) is 25.2. The van der Waals surface area contributed by atoms with E-state index in [1.165, 1.54) is 22.9 Å². The summed E-state index contributed by atoms with van der Waals surface area (Å²) in [5.74, 6) is 0.753. The first-order chi connectivity index (χ1) is 17.3. The van der Waals surface area contributed by atoms with Gasteiger partial charge in [0.25, 0.3) is 0 Å². The fourth-order valence-corrected chi connectivity index (χ4v) is 4.40. The van der Waals surface area contributed by atoms with Gasteiger partial charge in [-0.1, -0.05) is 26.7 Å². The van der Waals surface area contributed by atoms with Crippen LogP contribution in [0.3, 0.4) is 0 Å². The van der Waals surface area contributed by atoms with Crippen LogP contribution in [0.4, 0.5) is 5.69 Å². The van der Waals surface area contributed by atoms with E-state index in [0.717, 1.165) is 25.7 Å². The van der Waals surface area contributed by atoms with Gasteiger partial charge >= 0.3 is 17.3 Å². The summed E-state index contributed by atoms with van der Waals surface area (Å²) in [6, 6.07) is 9.70. The molecule has 36 heavy (non-hydrogen) atoms. The Kier molecular flexibility index (Phi) is 7.82. The monoisotopic (exact) mass is 493 g/mol. The molecule has 2 aromatic heterocycles. The van der Waals surface area contributed by atoms with Gasteiger partial charge in [-0.15, -0.1) is 0 Å². The zero-order valence-corrected chi connectivity index (χ0v) is 20.5. The Balaban J connectivity index is 1.62. The van der Waals surface area contributed by atoms with E-state index in [4.69, 9.17) is 9.84 Å². The molecule has 0 spiro atoms. The molecule has 190 valence electrons. The second kappa shape index (κ2) is 11.2. The molecule has 0 amide bonds. The number of pyridine rings is 1.